The van der Waals surface area contributed by atoms with Crippen LogP contribution in [0.2, 0.25) is 0 Å². The molecule has 0 spiro atoms. The molecule has 0 bridgehead atoms. The third-order valence-corrected chi connectivity index (χ3v) is 7.02. The van der Waals surface area contributed by atoms with Gasteiger partial charge >= 0.3 is 5.97 Å². The van der Waals surface area contributed by atoms with Crippen molar-refractivity contribution >= 4 is 39.3 Å². The van der Waals surface area contributed by atoms with Gasteiger partial charge in [0.15, 0.2) is 4.80 Å². The summed E-state index contributed by atoms with van der Waals surface area (Å²) in [5.74, 6) is 0.894. The van der Waals surface area contributed by atoms with E-state index in [2.05, 4.69) is 20.9 Å². The van der Waals surface area contributed by atoms with Gasteiger partial charge in [-0.3, -0.25) is 9.36 Å². The second-order valence-corrected chi connectivity index (χ2v) is 9.33. The Morgan fingerprint density at radius 3 is 2.53 bits per heavy atom. The van der Waals surface area contributed by atoms with Crippen molar-refractivity contribution in [2.45, 2.75) is 19.9 Å². The maximum Gasteiger partial charge on any atom is 0.338 e. The smallest absolute Gasteiger partial charge is 0.338 e. The fraction of sp³-hybridized carbons (Fsp3) is 0.240. The first-order valence-corrected chi connectivity index (χ1v) is 12.2. The molecule has 3 aromatic rings. The van der Waals surface area contributed by atoms with Crippen LogP contribution in [-0.4, -0.2) is 31.4 Å². The molecule has 0 saturated carbocycles. The molecule has 0 radical (unpaired) electrons. The van der Waals surface area contributed by atoms with Crippen LogP contribution in [0, 0.1) is 0 Å². The number of carbonyl (C=O) groups is 1. The average Bonchev–Trinajstić information content (AvgIpc) is 3.12. The molecule has 1 aliphatic heterocycles. The van der Waals surface area contributed by atoms with E-state index in [0.29, 0.717) is 32.1 Å². The zero-order chi connectivity index (χ0) is 24.4. The van der Waals surface area contributed by atoms with E-state index in [4.69, 9.17) is 14.2 Å². The summed E-state index contributed by atoms with van der Waals surface area (Å²) in [5, 5.41) is 0. The molecule has 0 N–H and O–H groups in total. The van der Waals surface area contributed by atoms with Gasteiger partial charge in [0.1, 0.15) is 11.5 Å². The van der Waals surface area contributed by atoms with E-state index < -0.39 is 12.0 Å². The number of aromatic nitrogens is 1. The SMILES string of the molecule is CCOC(=O)C1=C(C)N=c2sc(=Cc3ccc(OC)c(Br)c3)c(=O)n2C1c1ccc(OC)cc1. The maximum absolute atomic E-state index is 13.6. The Hall–Kier alpha value is -3.17. The zero-order valence-electron chi connectivity index (χ0n) is 19.1. The first-order valence-electron chi connectivity index (χ1n) is 10.5. The van der Waals surface area contributed by atoms with Crippen molar-refractivity contribution < 1.29 is 19.0 Å². The third kappa shape index (κ3) is 4.45. The standard InChI is InChI=1S/C25H23BrN2O5S/c1-5-33-24(30)21-14(2)27-25-28(22(21)16-7-9-17(31-3)10-8-16)23(29)20(34-25)13-15-6-11-19(32-4)18(26)12-15/h6-13,22H,5H2,1-4H3. The molecule has 34 heavy (non-hydrogen) atoms. The first-order chi connectivity index (χ1) is 16.4. The molecule has 176 valence electrons. The summed E-state index contributed by atoms with van der Waals surface area (Å²) in [6, 6.07) is 12.2. The topological polar surface area (TPSA) is 79.1 Å². The summed E-state index contributed by atoms with van der Waals surface area (Å²) in [4.78, 5) is 31.7. The lowest BCUT2D eigenvalue weighted by Crippen LogP contribution is -2.39. The normalized spacial score (nSPS) is 15.6. The van der Waals surface area contributed by atoms with Crippen LogP contribution < -0.4 is 24.4 Å². The Morgan fingerprint density at radius 1 is 1.18 bits per heavy atom. The number of fused-ring (bicyclic) bond motifs is 1. The highest BCUT2D eigenvalue weighted by Crippen LogP contribution is 2.31. The van der Waals surface area contributed by atoms with Crippen LogP contribution in [0.15, 0.2) is 68.0 Å². The molecule has 0 aliphatic carbocycles. The lowest BCUT2D eigenvalue weighted by Gasteiger charge is -2.24. The van der Waals surface area contributed by atoms with Crippen LogP contribution in [0.5, 0.6) is 11.5 Å². The number of ether oxygens (including phenoxy) is 3. The van der Waals surface area contributed by atoms with Crippen molar-refractivity contribution in [1.29, 1.82) is 0 Å². The molecule has 1 unspecified atom stereocenters. The second kappa shape index (κ2) is 9.99. The second-order valence-electron chi connectivity index (χ2n) is 7.47. The Kier molecular flexibility index (Phi) is 7.04. The molecule has 1 atom stereocenters. The van der Waals surface area contributed by atoms with E-state index >= 15 is 0 Å². The molecule has 0 amide bonds. The fourth-order valence-corrected chi connectivity index (χ4v) is 5.42. The summed E-state index contributed by atoms with van der Waals surface area (Å²) in [7, 11) is 3.18. The minimum atomic E-state index is -0.661. The fourth-order valence-electron chi connectivity index (χ4n) is 3.82. The number of hydrogen-bond donors (Lipinski definition) is 0. The van der Waals surface area contributed by atoms with Crippen LogP contribution in [-0.2, 0) is 9.53 Å². The van der Waals surface area contributed by atoms with Crippen molar-refractivity contribution in [3.05, 3.63) is 89.0 Å². The molecule has 0 saturated heterocycles. The molecule has 4 rings (SSSR count). The number of benzene rings is 2. The van der Waals surface area contributed by atoms with E-state index in [9.17, 15) is 9.59 Å². The number of rotatable bonds is 6. The zero-order valence-corrected chi connectivity index (χ0v) is 21.5. The number of thiazole rings is 1. The largest absolute Gasteiger partial charge is 0.497 e. The molecule has 1 aliphatic rings. The lowest BCUT2D eigenvalue weighted by molar-refractivity contribution is -0.139. The van der Waals surface area contributed by atoms with Crippen LogP contribution in [0.1, 0.15) is 31.0 Å². The summed E-state index contributed by atoms with van der Waals surface area (Å²) in [6.07, 6.45) is 1.81. The van der Waals surface area contributed by atoms with Crippen LogP contribution in [0.3, 0.4) is 0 Å². The lowest BCUT2D eigenvalue weighted by atomic mass is 9.96. The van der Waals surface area contributed by atoms with E-state index in [1.807, 2.05) is 36.4 Å². The molecule has 2 heterocycles. The summed E-state index contributed by atoms with van der Waals surface area (Å²) < 4.78 is 18.7. The Bertz CT molecular complexity index is 1450. The van der Waals surface area contributed by atoms with Gasteiger partial charge in [0.2, 0.25) is 0 Å². The van der Waals surface area contributed by atoms with Crippen LogP contribution >= 0.6 is 27.3 Å². The van der Waals surface area contributed by atoms with Gasteiger partial charge in [-0.2, -0.15) is 0 Å². The van der Waals surface area contributed by atoms with Crippen LogP contribution in [0.4, 0.5) is 0 Å². The van der Waals surface area contributed by atoms with Crippen molar-refractivity contribution in [2.24, 2.45) is 4.99 Å². The Labute approximate surface area is 208 Å². The number of nitrogens with zero attached hydrogens (tertiary/aromatic N) is 2. The molecular formula is C25H23BrN2O5S. The number of hydrogen-bond acceptors (Lipinski definition) is 7. The predicted octanol–water partition coefficient (Wildman–Crippen LogP) is 3.58. The van der Waals surface area contributed by atoms with Crippen molar-refractivity contribution in [3.8, 4) is 11.5 Å². The molecule has 2 aromatic carbocycles. The van der Waals surface area contributed by atoms with Crippen molar-refractivity contribution in [3.63, 3.8) is 0 Å². The van der Waals surface area contributed by atoms with Gasteiger partial charge in [-0.25, -0.2) is 9.79 Å². The molecular weight excluding hydrogens is 520 g/mol. The highest BCUT2D eigenvalue weighted by atomic mass is 79.9. The van der Waals surface area contributed by atoms with E-state index in [1.165, 1.54) is 11.3 Å². The minimum absolute atomic E-state index is 0.224. The summed E-state index contributed by atoms with van der Waals surface area (Å²) >= 11 is 4.76. The molecule has 1 aromatic heterocycles. The highest BCUT2D eigenvalue weighted by Gasteiger charge is 2.33. The van der Waals surface area contributed by atoms with Gasteiger partial charge < -0.3 is 14.2 Å². The monoisotopic (exact) mass is 542 g/mol. The Morgan fingerprint density at radius 2 is 1.91 bits per heavy atom. The first kappa shape index (κ1) is 24.0. The summed E-state index contributed by atoms with van der Waals surface area (Å²) in [6.45, 7) is 3.74. The number of methoxy groups -OCH3 is 2. The van der Waals surface area contributed by atoms with Gasteiger partial charge in [-0.1, -0.05) is 29.5 Å². The van der Waals surface area contributed by atoms with Gasteiger partial charge in [-0.15, -0.1) is 0 Å². The highest BCUT2D eigenvalue weighted by molar-refractivity contribution is 9.10. The van der Waals surface area contributed by atoms with Gasteiger partial charge in [0.25, 0.3) is 5.56 Å². The van der Waals surface area contributed by atoms with Crippen molar-refractivity contribution in [2.75, 3.05) is 20.8 Å². The van der Waals surface area contributed by atoms with Gasteiger partial charge in [0, 0.05) is 0 Å². The van der Waals surface area contributed by atoms with E-state index in [1.54, 1.807) is 44.8 Å². The quantitative estimate of drug-likeness (QED) is 0.445. The number of halogens is 1. The number of allylic oxidation sites excluding steroid dienone is 1. The molecule has 0 fully saturated rings. The Balaban J connectivity index is 1.92. The molecule has 9 heteroatoms. The summed E-state index contributed by atoms with van der Waals surface area (Å²) in [5.41, 5.74) is 2.24. The van der Waals surface area contributed by atoms with Gasteiger partial charge in [0.05, 0.1) is 47.1 Å². The number of carbonyl (C=O) groups excluding carboxylic acids is 1. The average molecular weight is 543 g/mol. The van der Waals surface area contributed by atoms with Crippen molar-refractivity contribution in [1.82, 2.24) is 4.57 Å². The van der Waals surface area contributed by atoms with E-state index in [0.717, 1.165) is 15.6 Å². The van der Waals surface area contributed by atoms with Gasteiger partial charge in [-0.05, 0) is 71.2 Å². The molecule has 7 nitrogen and oxygen atoms in total. The maximum atomic E-state index is 13.6. The van der Waals surface area contributed by atoms with E-state index in [-0.39, 0.29) is 12.2 Å². The third-order valence-electron chi connectivity index (χ3n) is 5.42. The van der Waals surface area contributed by atoms with Crippen LogP contribution in [0.25, 0.3) is 6.08 Å². The number of esters is 1. The minimum Gasteiger partial charge on any atom is -0.497 e. The predicted molar refractivity (Wildman–Crippen MR) is 134 cm³/mol.